The summed E-state index contributed by atoms with van der Waals surface area (Å²) in [4.78, 5) is 16.8. The van der Waals surface area contributed by atoms with E-state index in [0.29, 0.717) is 6.04 Å². The summed E-state index contributed by atoms with van der Waals surface area (Å²) in [7, 11) is 1.49. The highest BCUT2D eigenvalue weighted by molar-refractivity contribution is 5.76. The third kappa shape index (κ3) is 2.72. The fourth-order valence-electron chi connectivity index (χ4n) is 3.43. The first-order chi connectivity index (χ1) is 9.78. The molecular weight excluding hydrogens is 252 g/mol. The molecule has 1 aromatic rings. The highest BCUT2D eigenvalue weighted by atomic mass is 16.5. The maximum atomic E-state index is 12.1. The molecule has 0 amide bonds. The van der Waals surface area contributed by atoms with Crippen molar-refractivity contribution in [2.45, 2.75) is 31.5 Å². The van der Waals surface area contributed by atoms with E-state index in [1.807, 2.05) is 18.2 Å². The molecule has 20 heavy (non-hydrogen) atoms. The van der Waals surface area contributed by atoms with E-state index in [4.69, 9.17) is 4.74 Å². The van der Waals surface area contributed by atoms with Crippen LogP contribution < -0.4 is 0 Å². The van der Waals surface area contributed by atoms with Crippen LogP contribution in [-0.2, 0) is 16.1 Å². The molecule has 0 unspecified atom stereocenters. The van der Waals surface area contributed by atoms with Crippen LogP contribution in [-0.4, -0.2) is 54.6 Å². The zero-order chi connectivity index (χ0) is 13.9. The molecule has 3 rings (SSSR count). The molecule has 0 spiro atoms. The highest BCUT2D eigenvalue weighted by Gasteiger charge is 2.39. The number of hydrogen-bond donors (Lipinski definition) is 0. The van der Waals surface area contributed by atoms with Gasteiger partial charge in [-0.25, -0.2) is 0 Å². The quantitative estimate of drug-likeness (QED) is 0.782. The van der Waals surface area contributed by atoms with E-state index in [1.165, 1.54) is 25.5 Å². The lowest BCUT2D eigenvalue weighted by Gasteiger charge is -2.42. The SMILES string of the molecule is COC(=O)[C@@H]1CN2CCC[C@@H]2CN1Cc1ccccc1. The normalized spacial score (nSPS) is 27.2. The molecule has 2 atom stereocenters. The fraction of sp³-hybridized carbons (Fsp3) is 0.562. The topological polar surface area (TPSA) is 32.8 Å². The molecule has 4 nitrogen and oxygen atoms in total. The largest absolute Gasteiger partial charge is 0.468 e. The number of esters is 1. The Balaban J connectivity index is 1.76. The molecule has 2 aliphatic heterocycles. The fourth-order valence-corrected chi connectivity index (χ4v) is 3.43. The van der Waals surface area contributed by atoms with Gasteiger partial charge in [-0.1, -0.05) is 30.3 Å². The number of fused-ring (bicyclic) bond motifs is 1. The Kier molecular flexibility index (Phi) is 4.03. The van der Waals surface area contributed by atoms with Gasteiger partial charge in [0.2, 0.25) is 0 Å². The van der Waals surface area contributed by atoms with E-state index in [-0.39, 0.29) is 12.0 Å². The summed E-state index contributed by atoms with van der Waals surface area (Å²) in [6, 6.07) is 10.8. The van der Waals surface area contributed by atoms with Gasteiger partial charge in [0.05, 0.1) is 7.11 Å². The van der Waals surface area contributed by atoms with Crippen LogP contribution in [0, 0.1) is 0 Å². The molecule has 2 aliphatic rings. The summed E-state index contributed by atoms with van der Waals surface area (Å²) in [5.74, 6) is -0.105. The number of ether oxygens (including phenoxy) is 1. The van der Waals surface area contributed by atoms with E-state index in [1.54, 1.807) is 0 Å². The molecule has 1 aromatic carbocycles. The van der Waals surface area contributed by atoms with E-state index >= 15 is 0 Å². The summed E-state index contributed by atoms with van der Waals surface area (Å²) in [6.45, 7) is 3.72. The number of nitrogens with zero attached hydrogens (tertiary/aromatic N) is 2. The molecule has 108 valence electrons. The predicted molar refractivity (Wildman–Crippen MR) is 77.3 cm³/mol. The smallest absolute Gasteiger partial charge is 0.324 e. The maximum absolute atomic E-state index is 12.1. The molecule has 2 heterocycles. The average molecular weight is 274 g/mol. The first kappa shape index (κ1) is 13.6. The number of rotatable bonds is 3. The Morgan fingerprint density at radius 1 is 1.30 bits per heavy atom. The minimum Gasteiger partial charge on any atom is -0.468 e. The van der Waals surface area contributed by atoms with Gasteiger partial charge in [0, 0.05) is 25.7 Å². The van der Waals surface area contributed by atoms with Gasteiger partial charge >= 0.3 is 5.97 Å². The molecule has 0 radical (unpaired) electrons. The monoisotopic (exact) mass is 274 g/mol. The summed E-state index contributed by atoms with van der Waals surface area (Å²) in [6.07, 6.45) is 2.50. The van der Waals surface area contributed by atoms with Crippen molar-refractivity contribution in [1.29, 1.82) is 0 Å². The molecule has 0 bridgehead atoms. The van der Waals surface area contributed by atoms with Gasteiger partial charge in [0.1, 0.15) is 6.04 Å². The minimum atomic E-state index is -0.130. The van der Waals surface area contributed by atoms with E-state index in [9.17, 15) is 4.79 Å². The number of carbonyl (C=O) groups is 1. The van der Waals surface area contributed by atoms with Gasteiger partial charge in [0.15, 0.2) is 0 Å². The van der Waals surface area contributed by atoms with Crippen LogP contribution in [0.1, 0.15) is 18.4 Å². The highest BCUT2D eigenvalue weighted by Crippen LogP contribution is 2.26. The van der Waals surface area contributed by atoms with Crippen LogP contribution >= 0.6 is 0 Å². The van der Waals surface area contributed by atoms with Gasteiger partial charge in [0.25, 0.3) is 0 Å². The van der Waals surface area contributed by atoms with Gasteiger partial charge in [-0.15, -0.1) is 0 Å². The van der Waals surface area contributed by atoms with Crippen molar-refractivity contribution in [3.05, 3.63) is 35.9 Å². The van der Waals surface area contributed by atoms with E-state index < -0.39 is 0 Å². The van der Waals surface area contributed by atoms with Gasteiger partial charge in [-0.05, 0) is 24.9 Å². The van der Waals surface area contributed by atoms with Crippen LogP contribution in [0.3, 0.4) is 0 Å². The van der Waals surface area contributed by atoms with Crippen LogP contribution in [0.4, 0.5) is 0 Å². The number of methoxy groups -OCH3 is 1. The lowest BCUT2D eigenvalue weighted by atomic mass is 10.1. The van der Waals surface area contributed by atoms with Crippen molar-refractivity contribution >= 4 is 5.97 Å². The minimum absolute atomic E-state index is 0.105. The third-order valence-electron chi connectivity index (χ3n) is 4.49. The lowest BCUT2D eigenvalue weighted by molar-refractivity contribution is -0.150. The van der Waals surface area contributed by atoms with Crippen molar-refractivity contribution in [1.82, 2.24) is 9.80 Å². The number of carbonyl (C=O) groups excluding carboxylic acids is 1. The van der Waals surface area contributed by atoms with Crippen molar-refractivity contribution < 1.29 is 9.53 Å². The van der Waals surface area contributed by atoms with Crippen LogP contribution in [0.15, 0.2) is 30.3 Å². The van der Waals surface area contributed by atoms with Crippen LogP contribution in [0.2, 0.25) is 0 Å². The number of hydrogen-bond acceptors (Lipinski definition) is 4. The average Bonchev–Trinajstić information content (AvgIpc) is 2.94. The Labute approximate surface area is 120 Å². The third-order valence-corrected chi connectivity index (χ3v) is 4.49. The van der Waals surface area contributed by atoms with Crippen LogP contribution in [0.25, 0.3) is 0 Å². The molecule has 0 aliphatic carbocycles. The standard InChI is InChI=1S/C16H22N2O2/c1-20-16(19)15-12-17-9-5-8-14(17)11-18(15)10-13-6-3-2-4-7-13/h2-4,6-7,14-15H,5,8-12H2,1H3/t14-,15+/m1/s1. The van der Waals surface area contributed by atoms with Gasteiger partial charge in [-0.3, -0.25) is 14.6 Å². The molecule has 4 heteroatoms. The van der Waals surface area contributed by atoms with Crippen molar-refractivity contribution in [3.63, 3.8) is 0 Å². The Hall–Kier alpha value is -1.39. The van der Waals surface area contributed by atoms with E-state index in [2.05, 4.69) is 21.9 Å². The summed E-state index contributed by atoms with van der Waals surface area (Å²) in [5, 5.41) is 0. The first-order valence-electron chi connectivity index (χ1n) is 7.38. The van der Waals surface area contributed by atoms with Gasteiger partial charge < -0.3 is 4.74 Å². The second kappa shape index (κ2) is 5.94. The molecule has 0 saturated carbocycles. The summed E-state index contributed by atoms with van der Waals surface area (Å²) >= 11 is 0. The Bertz CT molecular complexity index is 463. The second-order valence-corrected chi connectivity index (χ2v) is 5.74. The zero-order valence-corrected chi connectivity index (χ0v) is 12.0. The second-order valence-electron chi connectivity index (χ2n) is 5.74. The van der Waals surface area contributed by atoms with Crippen molar-refractivity contribution in [2.24, 2.45) is 0 Å². The molecule has 0 N–H and O–H groups in total. The molecule has 2 fully saturated rings. The molecule has 2 saturated heterocycles. The number of piperazine rings is 1. The van der Waals surface area contributed by atoms with E-state index in [0.717, 1.165) is 26.2 Å². The Morgan fingerprint density at radius 2 is 2.10 bits per heavy atom. The van der Waals surface area contributed by atoms with Crippen molar-refractivity contribution in [3.8, 4) is 0 Å². The van der Waals surface area contributed by atoms with Crippen LogP contribution in [0.5, 0.6) is 0 Å². The van der Waals surface area contributed by atoms with Gasteiger partial charge in [-0.2, -0.15) is 0 Å². The molecular formula is C16H22N2O2. The predicted octanol–water partition coefficient (Wildman–Crippen LogP) is 1.51. The maximum Gasteiger partial charge on any atom is 0.324 e. The van der Waals surface area contributed by atoms with Crippen molar-refractivity contribution in [2.75, 3.05) is 26.7 Å². The summed E-state index contributed by atoms with van der Waals surface area (Å²) in [5.41, 5.74) is 1.26. The zero-order valence-electron chi connectivity index (χ0n) is 12.0. The first-order valence-corrected chi connectivity index (χ1v) is 7.38. The number of benzene rings is 1. The Morgan fingerprint density at radius 3 is 2.85 bits per heavy atom. The lowest BCUT2D eigenvalue weighted by Crippen LogP contribution is -2.58. The summed E-state index contributed by atoms with van der Waals surface area (Å²) < 4.78 is 5.00. The molecule has 0 aromatic heterocycles.